The van der Waals surface area contributed by atoms with Crippen molar-refractivity contribution >= 4 is 40.9 Å². The number of nitrogens with one attached hydrogen (secondary N) is 2. The maximum atomic E-state index is 12.5. The molecule has 0 fully saturated rings. The van der Waals surface area contributed by atoms with Gasteiger partial charge in [-0.25, -0.2) is 0 Å². The first-order chi connectivity index (χ1) is 14.9. The van der Waals surface area contributed by atoms with Gasteiger partial charge in [-0.15, -0.1) is 10.2 Å². The minimum atomic E-state index is -0.285. The Labute approximate surface area is 190 Å². The van der Waals surface area contributed by atoms with E-state index in [2.05, 4.69) is 27.8 Å². The van der Waals surface area contributed by atoms with Gasteiger partial charge in [0.2, 0.25) is 5.91 Å². The number of para-hydroxylation sites is 1. The van der Waals surface area contributed by atoms with Crippen molar-refractivity contribution in [2.75, 3.05) is 11.1 Å². The molecular formula is C22H24ClN5O2S. The van der Waals surface area contributed by atoms with E-state index >= 15 is 0 Å². The smallest absolute Gasteiger partial charge is 0.253 e. The van der Waals surface area contributed by atoms with Gasteiger partial charge in [0.1, 0.15) is 0 Å². The third kappa shape index (κ3) is 5.65. The highest BCUT2D eigenvalue weighted by Crippen LogP contribution is 2.22. The third-order valence-corrected chi connectivity index (χ3v) is 6.14. The first-order valence-electron chi connectivity index (χ1n) is 9.82. The van der Waals surface area contributed by atoms with Crippen molar-refractivity contribution in [1.29, 1.82) is 0 Å². The summed E-state index contributed by atoms with van der Waals surface area (Å²) in [5.74, 6) is 0.392. The molecule has 9 heteroatoms. The Hall–Kier alpha value is -2.84. The molecule has 0 aliphatic rings. The highest BCUT2D eigenvalue weighted by molar-refractivity contribution is 7.99. The molecule has 1 heterocycles. The summed E-state index contributed by atoms with van der Waals surface area (Å²) < 4.78 is 1.76. The van der Waals surface area contributed by atoms with Gasteiger partial charge in [-0.1, -0.05) is 60.6 Å². The average Bonchev–Trinajstić information content (AvgIpc) is 3.11. The van der Waals surface area contributed by atoms with Crippen molar-refractivity contribution in [3.05, 3.63) is 70.0 Å². The van der Waals surface area contributed by atoms with Crippen LogP contribution >= 0.6 is 23.4 Å². The molecule has 2 N–H and O–H groups in total. The molecule has 1 aromatic heterocycles. The summed E-state index contributed by atoms with van der Waals surface area (Å²) in [6.45, 7) is 4.24. The van der Waals surface area contributed by atoms with E-state index in [9.17, 15) is 9.59 Å². The molecule has 2 aromatic carbocycles. The number of thioether (sulfide) groups is 1. The molecule has 2 amide bonds. The molecule has 0 atom stereocenters. The first kappa shape index (κ1) is 22.8. The highest BCUT2D eigenvalue weighted by atomic mass is 35.5. The zero-order valence-corrected chi connectivity index (χ0v) is 19.2. The second-order valence-corrected chi connectivity index (χ2v) is 8.27. The number of carbonyl (C=O) groups is 2. The number of nitrogens with zero attached hydrogens (tertiary/aromatic N) is 3. The Morgan fingerprint density at radius 1 is 1.13 bits per heavy atom. The summed E-state index contributed by atoms with van der Waals surface area (Å²) >= 11 is 7.35. The number of amides is 2. The lowest BCUT2D eigenvalue weighted by Crippen LogP contribution is -2.24. The number of aromatic nitrogens is 3. The molecule has 31 heavy (non-hydrogen) atoms. The lowest BCUT2D eigenvalue weighted by atomic mass is 10.1. The molecule has 7 nitrogen and oxygen atoms in total. The molecule has 0 radical (unpaired) electrons. The Morgan fingerprint density at radius 3 is 2.65 bits per heavy atom. The summed E-state index contributed by atoms with van der Waals surface area (Å²) in [7, 11) is 1.80. The normalized spacial score (nSPS) is 10.7. The number of halogens is 1. The van der Waals surface area contributed by atoms with E-state index in [1.807, 2.05) is 25.1 Å². The summed E-state index contributed by atoms with van der Waals surface area (Å²) in [4.78, 5) is 24.8. The number of anilines is 1. The van der Waals surface area contributed by atoms with E-state index in [1.165, 1.54) is 11.8 Å². The molecule has 0 unspecified atom stereocenters. The number of benzene rings is 2. The standard InChI is InChI=1S/C22H24ClN5O2S/c1-4-15-9-7-8-14(2)20(15)25-19(29)13-31-22-27-26-18(28(22)3)12-24-21(30)16-10-5-6-11-17(16)23/h5-11H,4,12-13H2,1-3H3,(H,24,30)(H,25,29). The quantitative estimate of drug-likeness (QED) is 0.499. The van der Waals surface area contributed by atoms with E-state index in [0.717, 1.165) is 23.2 Å². The van der Waals surface area contributed by atoms with E-state index in [1.54, 1.807) is 35.9 Å². The number of hydrogen-bond donors (Lipinski definition) is 2. The minimum Gasteiger partial charge on any atom is -0.345 e. The van der Waals surface area contributed by atoms with Crippen molar-refractivity contribution in [2.24, 2.45) is 7.05 Å². The van der Waals surface area contributed by atoms with Crippen LogP contribution in [0.15, 0.2) is 47.6 Å². The van der Waals surface area contributed by atoms with E-state index in [-0.39, 0.29) is 24.1 Å². The topological polar surface area (TPSA) is 88.9 Å². The molecule has 0 aliphatic carbocycles. The first-order valence-corrected chi connectivity index (χ1v) is 11.2. The third-order valence-electron chi connectivity index (χ3n) is 4.79. The van der Waals surface area contributed by atoms with Gasteiger partial charge < -0.3 is 15.2 Å². The van der Waals surface area contributed by atoms with Crippen molar-refractivity contribution in [1.82, 2.24) is 20.1 Å². The van der Waals surface area contributed by atoms with E-state index in [4.69, 9.17) is 11.6 Å². The Kier molecular flexibility index (Phi) is 7.70. The highest BCUT2D eigenvalue weighted by Gasteiger charge is 2.15. The molecule has 0 spiro atoms. The second kappa shape index (κ2) is 10.5. The molecule has 0 aliphatic heterocycles. The monoisotopic (exact) mass is 457 g/mol. The number of carbonyl (C=O) groups excluding carboxylic acids is 2. The van der Waals surface area contributed by atoms with Crippen LogP contribution in [0, 0.1) is 6.92 Å². The summed E-state index contributed by atoms with van der Waals surface area (Å²) in [6.07, 6.45) is 0.844. The Bertz CT molecular complexity index is 1100. The van der Waals surface area contributed by atoms with Crippen LogP contribution < -0.4 is 10.6 Å². The largest absolute Gasteiger partial charge is 0.345 e. The summed E-state index contributed by atoms with van der Waals surface area (Å²) in [5.41, 5.74) is 3.42. The number of aryl methyl sites for hydroxylation is 2. The SMILES string of the molecule is CCc1cccc(C)c1NC(=O)CSc1nnc(CNC(=O)c2ccccc2Cl)n1C. The van der Waals surface area contributed by atoms with Crippen molar-refractivity contribution < 1.29 is 9.59 Å². The lowest BCUT2D eigenvalue weighted by Gasteiger charge is -2.12. The van der Waals surface area contributed by atoms with Gasteiger partial charge in [-0.3, -0.25) is 9.59 Å². The van der Waals surface area contributed by atoms with Crippen LogP contribution in [-0.4, -0.2) is 32.3 Å². The van der Waals surface area contributed by atoms with Crippen LogP contribution in [-0.2, 0) is 24.8 Å². The van der Waals surface area contributed by atoms with Gasteiger partial charge in [0.15, 0.2) is 11.0 Å². The molecular weight excluding hydrogens is 434 g/mol. The van der Waals surface area contributed by atoms with Crippen molar-refractivity contribution in [2.45, 2.75) is 32.0 Å². The maximum Gasteiger partial charge on any atom is 0.253 e. The summed E-state index contributed by atoms with van der Waals surface area (Å²) in [6, 6.07) is 12.8. The fourth-order valence-corrected chi connectivity index (χ4v) is 3.98. The van der Waals surface area contributed by atoms with Crippen molar-refractivity contribution in [3.8, 4) is 0 Å². The molecule has 3 rings (SSSR count). The molecule has 162 valence electrons. The van der Waals surface area contributed by atoms with Gasteiger partial charge >= 0.3 is 0 Å². The average molecular weight is 458 g/mol. The van der Waals surface area contributed by atoms with Gasteiger partial charge in [-0.2, -0.15) is 0 Å². The fraction of sp³-hybridized carbons (Fsp3) is 0.273. The van der Waals surface area contributed by atoms with Crippen LogP contribution in [0.25, 0.3) is 0 Å². The molecule has 0 saturated carbocycles. The Balaban J connectivity index is 1.56. The molecule has 3 aromatic rings. The minimum absolute atomic E-state index is 0.106. The Morgan fingerprint density at radius 2 is 1.90 bits per heavy atom. The van der Waals surface area contributed by atoms with E-state index in [0.29, 0.717) is 21.6 Å². The summed E-state index contributed by atoms with van der Waals surface area (Å²) in [5, 5.41) is 15.0. The van der Waals surface area contributed by atoms with Crippen LogP contribution in [0.3, 0.4) is 0 Å². The van der Waals surface area contributed by atoms with Crippen LogP contribution in [0.1, 0.15) is 34.2 Å². The van der Waals surface area contributed by atoms with Gasteiger partial charge in [0, 0.05) is 12.7 Å². The number of hydrogen-bond acceptors (Lipinski definition) is 5. The van der Waals surface area contributed by atoms with Gasteiger partial charge in [0.05, 0.1) is 22.9 Å². The van der Waals surface area contributed by atoms with Crippen LogP contribution in [0.2, 0.25) is 5.02 Å². The van der Waals surface area contributed by atoms with Gasteiger partial charge in [0.25, 0.3) is 5.91 Å². The zero-order valence-electron chi connectivity index (χ0n) is 17.6. The zero-order chi connectivity index (χ0) is 22.4. The lowest BCUT2D eigenvalue weighted by molar-refractivity contribution is -0.113. The fourth-order valence-electron chi connectivity index (χ4n) is 3.03. The molecule has 0 saturated heterocycles. The van der Waals surface area contributed by atoms with Crippen LogP contribution in [0.5, 0.6) is 0 Å². The second-order valence-electron chi connectivity index (χ2n) is 6.92. The number of rotatable bonds is 8. The van der Waals surface area contributed by atoms with Crippen molar-refractivity contribution in [3.63, 3.8) is 0 Å². The maximum absolute atomic E-state index is 12.5. The predicted octanol–water partition coefficient (Wildman–Crippen LogP) is 4.00. The predicted molar refractivity (Wildman–Crippen MR) is 124 cm³/mol. The van der Waals surface area contributed by atoms with E-state index < -0.39 is 0 Å². The molecule has 0 bridgehead atoms. The van der Waals surface area contributed by atoms with Gasteiger partial charge in [-0.05, 0) is 36.6 Å². The van der Waals surface area contributed by atoms with Crippen LogP contribution in [0.4, 0.5) is 5.69 Å².